The zero-order valence-electron chi connectivity index (χ0n) is 9.78. The summed E-state index contributed by atoms with van der Waals surface area (Å²) in [6, 6.07) is 0. The molecule has 0 unspecified atom stereocenters. The Balaban J connectivity index is 0. The lowest BCUT2D eigenvalue weighted by Gasteiger charge is -2.18. The second kappa shape index (κ2) is 9.21. The topological polar surface area (TPSA) is 37.4 Å². The Hall–Kier alpha value is -0.350. The lowest BCUT2D eigenvalue weighted by molar-refractivity contribution is 0.429. The van der Waals surface area contributed by atoms with Gasteiger partial charge in [-0.15, -0.1) is 6.58 Å². The summed E-state index contributed by atoms with van der Waals surface area (Å²) < 4.78 is 24.3. The van der Waals surface area contributed by atoms with E-state index in [0.29, 0.717) is 13.1 Å². The molecule has 4 heteroatoms. The first-order chi connectivity index (χ1) is 6.58. The molecule has 0 aliphatic carbocycles. The summed E-state index contributed by atoms with van der Waals surface area (Å²) in [6.45, 7) is 12.4. The van der Waals surface area contributed by atoms with Gasteiger partial charge in [0, 0.05) is 13.1 Å². The highest BCUT2D eigenvalue weighted by atomic mass is 32.2. The molecule has 0 aliphatic heterocycles. The summed E-state index contributed by atoms with van der Waals surface area (Å²) in [4.78, 5) is 0. The predicted octanol–water partition coefficient (Wildman–Crippen LogP) is 2.26. The molecule has 0 N–H and O–H groups in total. The third-order valence-corrected chi connectivity index (χ3v) is 3.43. The highest BCUT2D eigenvalue weighted by Crippen LogP contribution is 2.02. The van der Waals surface area contributed by atoms with E-state index in [1.54, 1.807) is 0 Å². The summed E-state index contributed by atoms with van der Waals surface area (Å²) in [5, 5.41) is 0. The number of sulfonamides is 1. The van der Waals surface area contributed by atoms with E-state index >= 15 is 0 Å². The van der Waals surface area contributed by atoms with E-state index in [4.69, 9.17) is 0 Å². The van der Waals surface area contributed by atoms with Crippen molar-refractivity contribution in [2.75, 3.05) is 18.8 Å². The summed E-state index contributed by atoms with van der Waals surface area (Å²) in [5.74, 6) is 0.0425. The maximum atomic E-state index is 11.4. The minimum Gasteiger partial charge on any atom is -0.212 e. The van der Waals surface area contributed by atoms with Crippen molar-refractivity contribution in [1.82, 2.24) is 4.31 Å². The molecule has 0 aromatic heterocycles. The normalized spacial score (nSPS) is 10.6. The van der Waals surface area contributed by atoms with E-state index in [1.807, 2.05) is 27.7 Å². The van der Waals surface area contributed by atoms with E-state index < -0.39 is 10.0 Å². The van der Waals surface area contributed by atoms with Crippen molar-refractivity contribution in [2.45, 2.75) is 34.1 Å². The van der Waals surface area contributed by atoms with Gasteiger partial charge in [-0.3, -0.25) is 0 Å². The van der Waals surface area contributed by atoms with Crippen molar-refractivity contribution in [3.8, 4) is 0 Å². The standard InChI is InChI=1S/C8H17NO2S.C2H6/c1-4-7-9(6-3)12(10,11)8-5-2;1-2/h5H,2,4,6-8H2,1,3H3;1-2H3. The van der Waals surface area contributed by atoms with E-state index in [0.717, 1.165) is 6.42 Å². The Morgan fingerprint density at radius 1 is 1.29 bits per heavy atom. The molecule has 0 spiro atoms. The molecule has 0 rings (SSSR count). The molecule has 0 bridgehead atoms. The van der Waals surface area contributed by atoms with Crippen LogP contribution in [0.15, 0.2) is 12.7 Å². The summed E-state index contributed by atoms with van der Waals surface area (Å²) >= 11 is 0. The molecule has 0 saturated heterocycles. The lowest BCUT2D eigenvalue weighted by atomic mass is 10.5. The van der Waals surface area contributed by atoms with Crippen molar-refractivity contribution in [2.24, 2.45) is 0 Å². The Morgan fingerprint density at radius 2 is 1.79 bits per heavy atom. The molecule has 0 aromatic carbocycles. The number of rotatable bonds is 6. The van der Waals surface area contributed by atoms with Crippen molar-refractivity contribution < 1.29 is 8.42 Å². The molecule has 0 atom stereocenters. The number of hydrogen-bond donors (Lipinski definition) is 0. The van der Waals surface area contributed by atoms with Crippen LogP contribution in [0.5, 0.6) is 0 Å². The molecule has 0 saturated carbocycles. The summed E-state index contributed by atoms with van der Waals surface area (Å²) in [6.07, 6.45) is 2.28. The Kier molecular flexibility index (Phi) is 10.6. The molecular formula is C10H23NO2S. The van der Waals surface area contributed by atoms with Gasteiger partial charge in [0.05, 0.1) is 5.75 Å². The predicted molar refractivity (Wildman–Crippen MR) is 62.9 cm³/mol. The SMILES string of the molecule is C=CCS(=O)(=O)N(CC)CCC.CC. The average molecular weight is 221 g/mol. The van der Waals surface area contributed by atoms with Crippen LogP contribution in [0.4, 0.5) is 0 Å². The zero-order chi connectivity index (χ0) is 11.6. The molecule has 0 aliphatic rings. The van der Waals surface area contributed by atoms with Crippen LogP contribution in [0, 0.1) is 0 Å². The van der Waals surface area contributed by atoms with Gasteiger partial charge in [0.1, 0.15) is 0 Å². The molecule has 0 aromatic rings. The first-order valence-corrected chi connectivity index (χ1v) is 6.78. The van der Waals surface area contributed by atoms with Crippen LogP contribution >= 0.6 is 0 Å². The second-order valence-corrected chi connectivity index (χ2v) is 4.57. The Labute approximate surface area is 88.9 Å². The van der Waals surface area contributed by atoms with Gasteiger partial charge < -0.3 is 0 Å². The minimum atomic E-state index is -3.07. The van der Waals surface area contributed by atoms with Crippen molar-refractivity contribution >= 4 is 10.0 Å². The second-order valence-electron chi connectivity index (χ2n) is 2.56. The summed E-state index contributed by atoms with van der Waals surface area (Å²) in [5.41, 5.74) is 0. The Bertz CT molecular complexity index is 222. The monoisotopic (exact) mass is 221 g/mol. The van der Waals surface area contributed by atoms with E-state index in [2.05, 4.69) is 6.58 Å². The molecule has 0 amide bonds. The fraction of sp³-hybridized carbons (Fsp3) is 0.800. The largest absolute Gasteiger partial charge is 0.217 e. The first kappa shape index (κ1) is 16.1. The maximum absolute atomic E-state index is 11.4. The third-order valence-electron chi connectivity index (χ3n) is 1.55. The van der Waals surface area contributed by atoms with Crippen LogP contribution in [0.1, 0.15) is 34.1 Å². The number of hydrogen-bond acceptors (Lipinski definition) is 2. The molecule has 86 valence electrons. The van der Waals surface area contributed by atoms with E-state index in [9.17, 15) is 8.42 Å². The van der Waals surface area contributed by atoms with Gasteiger partial charge in [-0.25, -0.2) is 12.7 Å². The number of nitrogens with zero attached hydrogens (tertiary/aromatic N) is 1. The van der Waals surface area contributed by atoms with Gasteiger partial charge >= 0.3 is 0 Å². The highest BCUT2D eigenvalue weighted by molar-refractivity contribution is 7.89. The van der Waals surface area contributed by atoms with Gasteiger partial charge in [-0.2, -0.15) is 0 Å². The van der Waals surface area contributed by atoms with Crippen LogP contribution in [-0.4, -0.2) is 31.6 Å². The van der Waals surface area contributed by atoms with E-state index in [-0.39, 0.29) is 5.75 Å². The molecule has 0 fully saturated rings. The third kappa shape index (κ3) is 6.16. The van der Waals surface area contributed by atoms with E-state index in [1.165, 1.54) is 10.4 Å². The van der Waals surface area contributed by atoms with Crippen molar-refractivity contribution in [3.05, 3.63) is 12.7 Å². The molecule has 3 nitrogen and oxygen atoms in total. The van der Waals surface area contributed by atoms with Crippen LogP contribution in [0.2, 0.25) is 0 Å². The van der Waals surface area contributed by atoms with Gasteiger partial charge in [-0.05, 0) is 6.42 Å². The quantitative estimate of drug-likeness (QED) is 0.645. The summed E-state index contributed by atoms with van der Waals surface area (Å²) in [7, 11) is -3.07. The van der Waals surface area contributed by atoms with Gasteiger partial charge in [-0.1, -0.05) is 33.8 Å². The fourth-order valence-corrected chi connectivity index (χ4v) is 2.36. The smallest absolute Gasteiger partial charge is 0.212 e. The van der Waals surface area contributed by atoms with Crippen LogP contribution < -0.4 is 0 Å². The van der Waals surface area contributed by atoms with Gasteiger partial charge in [0.15, 0.2) is 0 Å². The lowest BCUT2D eigenvalue weighted by Crippen LogP contribution is -2.32. The molecule has 0 radical (unpaired) electrons. The maximum Gasteiger partial charge on any atom is 0.217 e. The fourth-order valence-electron chi connectivity index (χ4n) is 0.998. The minimum absolute atomic E-state index is 0.0425. The first-order valence-electron chi connectivity index (χ1n) is 5.17. The molecule has 14 heavy (non-hydrogen) atoms. The molecular weight excluding hydrogens is 198 g/mol. The van der Waals surface area contributed by atoms with Gasteiger partial charge in [0.25, 0.3) is 0 Å². The average Bonchev–Trinajstić information content (AvgIpc) is 2.17. The van der Waals surface area contributed by atoms with Crippen molar-refractivity contribution in [3.63, 3.8) is 0 Å². The van der Waals surface area contributed by atoms with Crippen LogP contribution in [0.3, 0.4) is 0 Å². The Morgan fingerprint density at radius 3 is 2.07 bits per heavy atom. The van der Waals surface area contributed by atoms with Gasteiger partial charge in [0.2, 0.25) is 10.0 Å². The molecule has 0 heterocycles. The zero-order valence-corrected chi connectivity index (χ0v) is 10.6. The van der Waals surface area contributed by atoms with Crippen LogP contribution in [-0.2, 0) is 10.0 Å². The van der Waals surface area contributed by atoms with Crippen molar-refractivity contribution in [1.29, 1.82) is 0 Å². The van der Waals surface area contributed by atoms with Crippen LogP contribution in [0.25, 0.3) is 0 Å². The highest BCUT2D eigenvalue weighted by Gasteiger charge is 2.16.